The molecule has 0 aliphatic carbocycles. The molecule has 0 spiro atoms. The van der Waals surface area contributed by atoms with Gasteiger partial charge in [-0.05, 0) is 76.8 Å². The van der Waals surface area contributed by atoms with Gasteiger partial charge in [0, 0.05) is 18.2 Å². The van der Waals surface area contributed by atoms with Crippen LogP contribution >= 0.6 is 0 Å². The van der Waals surface area contributed by atoms with E-state index in [0.29, 0.717) is 30.4 Å². The Morgan fingerprint density at radius 3 is 2.20 bits per heavy atom. The maximum Gasteiger partial charge on any atom is 0.432 e. The quantitative estimate of drug-likeness (QED) is 0.127. The third-order valence-corrected chi connectivity index (χ3v) is 6.26. The van der Waals surface area contributed by atoms with E-state index in [9.17, 15) is 33.0 Å². The zero-order valence-electron chi connectivity index (χ0n) is 23.2. The second-order valence-corrected chi connectivity index (χ2v) is 9.68. The first-order valence-corrected chi connectivity index (χ1v) is 12.6. The Morgan fingerprint density at radius 2 is 1.62 bits per heavy atom. The van der Waals surface area contributed by atoms with Gasteiger partial charge in [-0.1, -0.05) is 53.6 Å². The molecule has 0 bridgehead atoms. The van der Waals surface area contributed by atoms with Crippen LogP contribution in [0.2, 0.25) is 0 Å². The highest BCUT2D eigenvalue weighted by Gasteiger charge is 2.64. The van der Waals surface area contributed by atoms with Crippen molar-refractivity contribution in [2.24, 2.45) is 0 Å². The Morgan fingerprint density at radius 1 is 0.975 bits per heavy atom. The van der Waals surface area contributed by atoms with Crippen molar-refractivity contribution in [1.29, 1.82) is 0 Å². The standard InChI is InChI=1S/C31H35F3O6/c1-20(2)18-27(40-29(38)30(39-5,31(32,33)34)24-12-7-6-8-13-24)28(37)22(4)11-9-10-21(3)14-15-23-19-25(35)16-17-26(23)36/h6-8,11-14,16-19,27,35-36H,9-10,15H2,1-5H3/b21-14+,22-11+/t27-,30+/m1/s1. The zero-order chi connectivity index (χ0) is 30.1. The number of aromatic hydroxyl groups is 2. The van der Waals surface area contributed by atoms with E-state index in [-0.39, 0.29) is 17.1 Å². The maximum absolute atomic E-state index is 14.3. The number of esters is 1. The summed E-state index contributed by atoms with van der Waals surface area (Å²) in [6.07, 6.45) is -0.529. The molecule has 2 aromatic rings. The number of carbonyl (C=O) groups excluding carboxylic acids is 2. The van der Waals surface area contributed by atoms with Crippen LogP contribution in [0.25, 0.3) is 0 Å². The molecule has 0 aliphatic rings. The van der Waals surface area contributed by atoms with E-state index in [1.54, 1.807) is 19.9 Å². The minimum Gasteiger partial charge on any atom is -0.508 e. The van der Waals surface area contributed by atoms with Crippen molar-refractivity contribution in [1.82, 2.24) is 0 Å². The lowest BCUT2D eigenvalue weighted by atomic mass is 9.92. The van der Waals surface area contributed by atoms with Gasteiger partial charge in [0.15, 0.2) is 6.10 Å². The van der Waals surface area contributed by atoms with Crippen LogP contribution in [0.5, 0.6) is 11.5 Å². The number of phenolic OH excluding ortho intramolecular Hbond substituents is 2. The Bertz CT molecular complexity index is 1270. The Labute approximate surface area is 232 Å². The Balaban J connectivity index is 2.21. The molecule has 40 heavy (non-hydrogen) atoms. The monoisotopic (exact) mass is 560 g/mol. The lowest BCUT2D eigenvalue weighted by Gasteiger charge is -2.33. The zero-order valence-corrected chi connectivity index (χ0v) is 23.2. The number of ether oxygens (including phenoxy) is 2. The summed E-state index contributed by atoms with van der Waals surface area (Å²) in [6.45, 7) is 6.66. The van der Waals surface area contributed by atoms with Gasteiger partial charge >= 0.3 is 12.1 Å². The van der Waals surface area contributed by atoms with Gasteiger partial charge in [-0.15, -0.1) is 0 Å². The lowest BCUT2D eigenvalue weighted by molar-refractivity contribution is -0.277. The normalized spacial score (nSPS) is 14.7. The fourth-order valence-electron chi connectivity index (χ4n) is 4.01. The van der Waals surface area contributed by atoms with E-state index in [2.05, 4.69) is 0 Å². The SMILES string of the molecule is CO[C@](C(=O)O[C@H](C=C(C)C)C(=O)/C(C)=C/CC/C(C)=C/Cc1cc(O)ccc1O)(c1ccccc1)C(F)(F)F. The van der Waals surface area contributed by atoms with Crippen LogP contribution < -0.4 is 0 Å². The number of allylic oxidation sites excluding steroid dienone is 4. The molecule has 9 heteroatoms. The van der Waals surface area contributed by atoms with Gasteiger partial charge < -0.3 is 19.7 Å². The predicted molar refractivity (Wildman–Crippen MR) is 146 cm³/mol. The summed E-state index contributed by atoms with van der Waals surface area (Å²) < 4.78 is 52.8. The molecule has 0 saturated heterocycles. The number of ketones is 1. The number of hydrogen-bond donors (Lipinski definition) is 2. The number of carbonyl (C=O) groups is 2. The minimum absolute atomic E-state index is 0.0456. The third-order valence-electron chi connectivity index (χ3n) is 6.26. The van der Waals surface area contributed by atoms with Gasteiger partial charge in [0.25, 0.3) is 5.60 Å². The maximum atomic E-state index is 14.3. The molecule has 2 rings (SSSR count). The summed E-state index contributed by atoms with van der Waals surface area (Å²) in [5.41, 5.74) is -1.55. The molecule has 0 unspecified atom stereocenters. The molecule has 0 heterocycles. The van der Waals surface area contributed by atoms with Crippen molar-refractivity contribution in [3.63, 3.8) is 0 Å². The summed E-state index contributed by atoms with van der Waals surface area (Å²) in [7, 11) is 0.766. The average Bonchev–Trinajstić information content (AvgIpc) is 2.88. The van der Waals surface area contributed by atoms with E-state index in [1.807, 2.05) is 13.0 Å². The first-order valence-electron chi connectivity index (χ1n) is 12.6. The van der Waals surface area contributed by atoms with Crippen molar-refractivity contribution >= 4 is 11.8 Å². The van der Waals surface area contributed by atoms with Crippen molar-refractivity contribution in [2.45, 2.75) is 64.8 Å². The molecule has 216 valence electrons. The highest BCUT2D eigenvalue weighted by molar-refractivity contribution is 6.01. The number of rotatable bonds is 12. The van der Waals surface area contributed by atoms with Crippen LogP contribution in [-0.2, 0) is 31.1 Å². The van der Waals surface area contributed by atoms with E-state index in [1.165, 1.54) is 49.4 Å². The van der Waals surface area contributed by atoms with Crippen LogP contribution in [0.3, 0.4) is 0 Å². The fraction of sp³-hybridized carbons (Fsp3) is 0.355. The molecular formula is C31H35F3O6. The number of phenols is 2. The first kappa shape index (κ1) is 32.4. The fourth-order valence-corrected chi connectivity index (χ4v) is 4.01. The first-order chi connectivity index (χ1) is 18.7. The van der Waals surface area contributed by atoms with Crippen molar-refractivity contribution in [3.8, 4) is 11.5 Å². The smallest absolute Gasteiger partial charge is 0.432 e. The van der Waals surface area contributed by atoms with E-state index in [0.717, 1.165) is 24.8 Å². The predicted octanol–water partition coefficient (Wildman–Crippen LogP) is 6.86. The number of halogens is 3. The lowest BCUT2D eigenvalue weighted by Crippen LogP contribution is -2.53. The third kappa shape index (κ3) is 8.08. The van der Waals surface area contributed by atoms with Gasteiger partial charge in [-0.2, -0.15) is 13.2 Å². The topological polar surface area (TPSA) is 93.1 Å². The summed E-state index contributed by atoms with van der Waals surface area (Å²) in [6, 6.07) is 10.7. The van der Waals surface area contributed by atoms with Crippen LogP contribution in [0.4, 0.5) is 13.2 Å². The number of hydrogen-bond acceptors (Lipinski definition) is 6. The summed E-state index contributed by atoms with van der Waals surface area (Å²) in [4.78, 5) is 26.3. The number of Topliss-reactive ketones (excluding diaryl/α,β-unsaturated/α-hetero) is 1. The average molecular weight is 561 g/mol. The molecule has 0 aliphatic heterocycles. The van der Waals surface area contributed by atoms with Crippen molar-refractivity contribution in [2.75, 3.05) is 7.11 Å². The molecule has 6 nitrogen and oxygen atoms in total. The molecular weight excluding hydrogens is 525 g/mol. The van der Waals surface area contributed by atoms with E-state index >= 15 is 0 Å². The van der Waals surface area contributed by atoms with Crippen LogP contribution in [0, 0.1) is 0 Å². The Hall–Kier alpha value is -3.85. The largest absolute Gasteiger partial charge is 0.508 e. The van der Waals surface area contributed by atoms with Crippen molar-refractivity contribution in [3.05, 3.63) is 94.6 Å². The molecule has 2 aromatic carbocycles. The highest BCUT2D eigenvalue weighted by Crippen LogP contribution is 2.43. The molecule has 2 atom stereocenters. The molecule has 0 aromatic heterocycles. The number of benzene rings is 2. The van der Waals surface area contributed by atoms with Crippen LogP contribution in [-0.4, -0.2) is 41.4 Å². The van der Waals surface area contributed by atoms with E-state index < -0.39 is 35.2 Å². The van der Waals surface area contributed by atoms with Gasteiger partial charge in [-0.3, -0.25) is 4.79 Å². The van der Waals surface area contributed by atoms with Crippen molar-refractivity contribution < 1.29 is 42.4 Å². The van der Waals surface area contributed by atoms with Gasteiger partial charge in [0.2, 0.25) is 5.78 Å². The second-order valence-electron chi connectivity index (χ2n) is 9.68. The number of alkyl halides is 3. The second kappa shape index (κ2) is 14.0. The highest BCUT2D eigenvalue weighted by atomic mass is 19.4. The molecule has 0 fully saturated rings. The molecule has 0 radical (unpaired) electrons. The van der Waals surface area contributed by atoms with Gasteiger partial charge in [0.1, 0.15) is 11.5 Å². The number of methoxy groups -OCH3 is 1. The molecule has 0 amide bonds. The van der Waals surface area contributed by atoms with Gasteiger partial charge in [-0.25, -0.2) is 4.79 Å². The summed E-state index contributed by atoms with van der Waals surface area (Å²) >= 11 is 0. The molecule has 2 N–H and O–H groups in total. The summed E-state index contributed by atoms with van der Waals surface area (Å²) in [5.74, 6) is -2.28. The van der Waals surface area contributed by atoms with Crippen LogP contribution in [0.15, 0.2) is 83.5 Å². The van der Waals surface area contributed by atoms with E-state index in [4.69, 9.17) is 9.47 Å². The Kier molecular flexibility index (Phi) is 11.3. The summed E-state index contributed by atoms with van der Waals surface area (Å²) in [5, 5.41) is 19.5. The minimum atomic E-state index is -5.16. The molecule has 0 saturated carbocycles. The van der Waals surface area contributed by atoms with Crippen LogP contribution in [0.1, 0.15) is 51.7 Å². The van der Waals surface area contributed by atoms with Gasteiger partial charge in [0.05, 0.1) is 0 Å².